The molecule has 0 fully saturated rings. The van der Waals surface area contributed by atoms with Gasteiger partial charge in [-0.05, 0) is 25.7 Å². The van der Waals surface area contributed by atoms with Crippen LogP contribution in [0.2, 0.25) is 0 Å². The minimum Gasteiger partial charge on any atom is -0.550 e. The van der Waals surface area contributed by atoms with E-state index >= 15 is 0 Å². The van der Waals surface area contributed by atoms with Crippen LogP contribution in [0.1, 0.15) is 106 Å². The molecule has 0 aromatic carbocycles. The van der Waals surface area contributed by atoms with Crippen molar-refractivity contribution in [2.45, 2.75) is 106 Å². The molecule has 0 aromatic heterocycles. The molecule has 0 unspecified atom stereocenters. The summed E-state index contributed by atoms with van der Waals surface area (Å²) >= 11 is 0. The van der Waals surface area contributed by atoms with Crippen LogP contribution in [0.5, 0.6) is 0 Å². The fourth-order valence-corrected chi connectivity index (χ4v) is 1.30. The average molecular weight is 511 g/mol. The van der Waals surface area contributed by atoms with Gasteiger partial charge in [-0.15, -0.1) is 0 Å². The van der Waals surface area contributed by atoms with Crippen molar-refractivity contribution in [2.24, 2.45) is 0 Å². The first kappa shape index (κ1) is 47.1. The molecule has 0 atom stereocenters. The minimum absolute atomic E-state index is 0. The maximum Gasteiger partial charge on any atom is 1.00 e. The van der Waals surface area contributed by atoms with E-state index in [2.05, 4.69) is 34.5 Å². The Morgan fingerprint density at radius 3 is 1.00 bits per heavy atom. The van der Waals surface area contributed by atoms with E-state index in [-0.39, 0.29) is 83.9 Å². The molecular weight excluding hydrogens is 466 g/mol. The molecule has 0 aliphatic carbocycles. The van der Waals surface area contributed by atoms with Crippen LogP contribution in [0, 0.1) is 0 Å². The van der Waals surface area contributed by atoms with Gasteiger partial charge in [-0.25, -0.2) is 0 Å². The maximum atomic E-state index is 10.6. The molecule has 0 rings (SSSR count). The number of unbranched alkanes of at least 4 members (excludes halogenated alkanes) is 4. The van der Waals surface area contributed by atoms with E-state index in [9.17, 15) is 29.4 Å². The molecule has 12 heteroatoms. The second-order valence-electron chi connectivity index (χ2n) is 6.31. The molecule has 0 bridgehead atoms. The summed E-state index contributed by atoms with van der Waals surface area (Å²) in [6.07, 6.45) is 7.93. The van der Waals surface area contributed by atoms with Crippen molar-refractivity contribution < 1.29 is 98.2 Å². The molecule has 0 heterocycles. The summed E-state index contributed by atoms with van der Waals surface area (Å²) in [5, 5.41) is 18.5. The van der Waals surface area contributed by atoms with Crippen molar-refractivity contribution >= 4 is 23.9 Å². The molecule has 0 aromatic rings. The van der Waals surface area contributed by atoms with Gasteiger partial charge in [0.1, 0.15) is 0 Å². The second kappa shape index (κ2) is 42.9. The smallest absolute Gasteiger partial charge is 0.550 e. The van der Waals surface area contributed by atoms with Crippen molar-refractivity contribution in [3.63, 3.8) is 0 Å². The normalized spacial score (nSPS) is 8.41. The number of carboxylic acid groups (broad SMARTS) is 2. The van der Waals surface area contributed by atoms with E-state index in [4.69, 9.17) is 0 Å². The summed E-state index contributed by atoms with van der Waals surface area (Å²) < 4.78 is 0. The van der Waals surface area contributed by atoms with E-state index in [1.807, 2.05) is 0 Å². The number of rotatable bonds is 14. The zero-order chi connectivity index (χ0) is 25.6. The van der Waals surface area contributed by atoms with Gasteiger partial charge >= 0.3 is 71.1 Å². The van der Waals surface area contributed by atoms with E-state index in [1.165, 1.54) is 39.5 Å². The summed E-state index contributed by atoms with van der Waals surface area (Å²) in [5.41, 5.74) is 5.24. The third-order valence-corrected chi connectivity index (χ3v) is 3.29. The van der Waals surface area contributed by atoms with Crippen LogP contribution in [0.4, 0.5) is 0 Å². The van der Waals surface area contributed by atoms with Gasteiger partial charge in [-0.2, -0.15) is 11.0 Å². The first-order valence-corrected chi connectivity index (χ1v) is 11.4. The molecule has 34 heavy (non-hydrogen) atoms. The van der Waals surface area contributed by atoms with Crippen molar-refractivity contribution in [3.05, 3.63) is 0 Å². The molecule has 0 spiro atoms. The molecular formula is C22H44N2Na2O8. The Labute approximate surface area is 250 Å². The van der Waals surface area contributed by atoms with Gasteiger partial charge in [0.2, 0.25) is 0 Å². The van der Waals surface area contributed by atoms with Gasteiger partial charge in [0.15, 0.2) is 0 Å². The summed E-state index contributed by atoms with van der Waals surface area (Å²) in [4.78, 5) is 48.9. The number of carboxylic acids is 2. The Hall–Kier alpha value is -0.200. The first-order chi connectivity index (χ1) is 15.2. The fraction of sp³-hybridized carbons (Fsp3) is 0.818. The molecule has 0 radical (unpaired) electrons. The number of aliphatic carboxylic acids is 2. The van der Waals surface area contributed by atoms with E-state index in [0.717, 1.165) is 25.9 Å². The quantitative estimate of drug-likeness (QED) is 0.133. The van der Waals surface area contributed by atoms with Gasteiger partial charge in [0.25, 0.3) is 0 Å². The van der Waals surface area contributed by atoms with Crippen LogP contribution in [0.25, 0.3) is 0 Å². The zero-order valence-corrected chi connectivity index (χ0v) is 26.8. The van der Waals surface area contributed by atoms with Gasteiger partial charge in [0.05, 0.1) is 0 Å². The molecule has 0 aliphatic rings. The zero-order valence-electron chi connectivity index (χ0n) is 22.8. The number of hydroxylamine groups is 2. The number of hydrogen-bond acceptors (Lipinski definition) is 10. The molecule has 0 saturated carbocycles. The van der Waals surface area contributed by atoms with Crippen molar-refractivity contribution in [1.82, 2.24) is 11.0 Å². The third-order valence-electron chi connectivity index (χ3n) is 3.29. The van der Waals surface area contributed by atoms with E-state index in [1.54, 1.807) is 13.8 Å². The molecule has 10 nitrogen and oxygen atoms in total. The predicted octanol–water partition coefficient (Wildman–Crippen LogP) is -4.43. The Morgan fingerprint density at radius 2 is 0.824 bits per heavy atom. The first-order valence-electron chi connectivity index (χ1n) is 11.4. The van der Waals surface area contributed by atoms with Crippen LogP contribution in [-0.2, 0) is 28.9 Å². The Balaban J connectivity index is -0.0000000802. The Kier molecular flexibility index (Phi) is 59.4. The summed E-state index contributed by atoms with van der Waals surface area (Å²) in [6, 6.07) is 0. The summed E-state index contributed by atoms with van der Waals surface area (Å²) in [6.45, 7) is 12.4. The van der Waals surface area contributed by atoms with Crippen molar-refractivity contribution in [3.8, 4) is 0 Å². The molecule has 0 saturated heterocycles. The molecule has 0 amide bonds. The predicted molar refractivity (Wildman–Crippen MR) is 118 cm³/mol. The van der Waals surface area contributed by atoms with Crippen LogP contribution >= 0.6 is 0 Å². The Morgan fingerprint density at radius 1 is 0.559 bits per heavy atom. The second-order valence-corrected chi connectivity index (χ2v) is 6.31. The van der Waals surface area contributed by atoms with Gasteiger partial charge in [-0.1, -0.05) is 67.2 Å². The standard InChI is InChI=1S/2C8H17NO2.2C3H6O2.2Na/c2*1-3-5-6-7-9-11-8(10)4-2;2*1-2-3(4)5;;/h2*9H,3-7H2,1-2H3;2*2H2,1H3,(H,4,5);;/q;;;;2*+1/p-2. The molecule has 0 aliphatic heterocycles. The minimum atomic E-state index is -0.995. The van der Waals surface area contributed by atoms with Crippen molar-refractivity contribution in [2.75, 3.05) is 13.1 Å². The van der Waals surface area contributed by atoms with E-state index in [0.29, 0.717) is 12.8 Å². The van der Waals surface area contributed by atoms with Gasteiger partial charge in [0, 0.05) is 37.9 Å². The molecule has 192 valence electrons. The van der Waals surface area contributed by atoms with Crippen LogP contribution in [0.15, 0.2) is 0 Å². The number of nitrogens with one attached hydrogen (secondary N) is 2. The fourth-order valence-electron chi connectivity index (χ4n) is 1.30. The topological polar surface area (TPSA) is 157 Å². The number of carbonyl (C=O) groups is 4. The SMILES string of the molecule is CCC(=O)[O-].CCC(=O)[O-].CCCCCNOC(=O)CC.CCCCCNOC(=O)CC.[Na+].[Na+]. The molecule has 2 N–H and O–H groups in total. The average Bonchev–Trinajstić information content (AvgIpc) is 2.79. The Bertz CT molecular complexity index is 417. The van der Waals surface area contributed by atoms with E-state index < -0.39 is 11.9 Å². The third kappa shape index (κ3) is 63.5. The maximum absolute atomic E-state index is 10.6. The van der Waals surface area contributed by atoms with Crippen molar-refractivity contribution in [1.29, 1.82) is 0 Å². The van der Waals surface area contributed by atoms with Crippen LogP contribution in [-0.4, -0.2) is 37.0 Å². The summed E-state index contributed by atoms with van der Waals surface area (Å²) in [5.74, 6) is -2.38. The van der Waals surface area contributed by atoms with Crippen LogP contribution in [0.3, 0.4) is 0 Å². The van der Waals surface area contributed by atoms with Gasteiger partial charge < -0.3 is 29.5 Å². The van der Waals surface area contributed by atoms with Crippen LogP contribution < -0.4 is 80.3 Å². The monoisotopic (exact) mass is 510 g/mol. The number of carbonyl (C=O) groups excluding carboxylic acids is 4. The number of hydrogen-bond donors (Lipinski definition) is 2. The largest absolute Gasteiger partial charge is 1.00 e. The van der Waals surface area contributed by atoms with Gasteiger partial charge in [-0.3, -0.25) is 9.59 Å². The summed E-state index contributed by atoms with van der Waals surface area (Å²) in [7, 11) is 0.